The van der Waals surface area contributed by atoms with Crippen LogP contribution < -0.4 is 10.4 Å². The van der Waals surface area contributed by atoms with E-state index in [4.69, 9.17) is 14.3 Å². The number of para-hydroxylation sites is 1. The Morgan fingerprint density at radius 2 is 1.64 bits per heavy atom. The van der Waals surface area contributed by atoms with Crippen LogP contribution >= 0.6 is 0 Å². The molecule has 1 aromatic rings. The zero-order chi connectivity index (χ0) is 29.3. The van der Waals surface area contributed by atoms with Crippen molar-refractivity contribution in [3.63, 3.8) is 0 Å². The number of hydrogen-bond donors (Lipinski definition) is 1. The topological polar surface area (TPSA) is 97.4 Å². The number of ether oxygens (including phenoxy) is 2. The van der Waals surface area contributed by atoms with Crippen molar-refractivity contribution in [3.8, 4) is 0 Å². The molecule has 0 spiro atoms. The number of esters is 1. The summed E-state index contributed by atoms with van der Waals surface area (Å²) in [6, 6.07) is 7.89. The molecule has 5 fully saturated rings. The SMILES string of the molecule is CC(C)COC(=O)NC1CCN(CC(CON2C(=O)CCc3ccccc32)OC(=O)C23CC4CC(CC(C4)C2)C3)CC1. The van der Waals surface area contributed by atoms with E-state index in [-0.39, 0.29) is 36.0 Å². The first-order valence-corrected chi connectivity index (χ1v) is 16.2. The maximum atomic E-state index is 13.9. The first-order chi connectivity index (χ1) is 20.3. The summed E-state index contributed by atoms with van der Waals surface area (Å²) in [6.07, 6.45) is 8.50. The summed E-state index contributed by atoms with van der Waals surface area (Å²) in [5.74, 6) is 2.12. The third kappa shape index (κ3) is 6.62. The molecule has 2 amide bonds. The van der Waals surface area contributed by atoms with E-state index in [1.807, 2.05) is 38.1 Å². The van der Waals surface area contributed by atoms with E-state index in [1.165, 1.54) is 24.3 Å². The number of carbonyl (C=O) groups excluding carboxylic acids is 3. The van der Waals surface area contributed by atoms with Crippen molar-refractivity contribution < 1.29 is 28.7 Å². The zero-order valence-electron chi connectivity index (χ0n) is 25.2. The summed E-state index contributed by atoms with van der Waals surface area (Å²) in [7, 11) is 0. The van der Waals surface area contributed by atoms with Crippen molar-refractivity contribution in [2.45, 2.75) is 90.2 Å². The van der Waals surface area contributed by atoms with E-state index in [0.29, 0.717) is 49.7 Å². The summed E-state index contributed by atoms with van der Waals surface area (Å²) in [6.45, 7) is 6.64. The van der Waals surface area contributed by atoms with Crippen molar-refractivity contribution in [3.05, 3.63) is 29.8 Å². The first kappa shape index (κ1) is 29.4. The molecule has 9 nitrogen and oxygen atoms in total. The second kappa shape index (κ2) is 12.5. The number of likely N-dealkylation sites (tertiary alicyclic amines) is 1. The number of hydrogen-bond acceptors (Lipinski definition) is 7. The number of nitrogens with zero attached hydrogens (tertiary/aromatic N) is 2. The summed E-state index contributed by atoms with van der Waals surface area (Å²) >= 11 is 0. The average molecular weight is 582 g/mol. The van der Waals surface area contributed by atoms with E-state index in [0.717, 1.165) is 56.4 Å². The van der Waals surface area contributed by atoms with Gasteiger partial charge in [0.2, 0.25) is 0 Å². The molecule has 1 N–H and O–H groups in total. The number of piperidine rings is 1. The number of amides is 2. The van der Waals surface area contributed by atoms with Gasteiger partial charge in [0, 0.05) is 32.1 Å². The summed E-state index contributed by atoms with van der Waals surface area (Å²) in [5, 5.41) is 4.40. The van der Waals surface area contributed by atoms with Gasteiger partial charge in [-0.2, -0.15) is 5.06 Å². The Labute approximate surface area is 249 Å². The standard InChI is InChI=1S/C33H47N3O6/c1-22(2)20-40-32(39)34-27-9-11-35(12-10-27)19-28(21-41-36-29-6-4-3-5-26(29)7-8-30(36)37)42-31(38)33-16-23-13-24(17-33)15-25(14-23)18-33/h3-6,22-25,27-28H,7-21H2,1-2H3,(H,34,39). The fourth-order valence-corrected chi connectivity index (χ4v) is 8.46. The van der Waals surface area contributed by atoms with Gasteiger partial charge in [-0.15, -0.1) is 0 Å². The molecule has 0 aromatic heterocycles. The zero-order valence-corrected chi connectivity index (χ0v) is 25.2. The van der Waals surface area contributed by atoms with Gasteiger partial charge in [-0.1, -0.05) is 32.0 Å². The summed E-state index contributed by atoms with van der Waals surface area (Å²) in [5.41, 5.74) is 1.50. The predicted octanol–water partition coefficient (Wildman–Crippen LogP) is 4.87. The molecule has 1 unspecified atom stereocenters. The van der Waals surface area contributed by atoms with E-state index in [1.54, 1.807) is 0 Å². The lowest BCUT2D eigenvalue weighted by Gasteiger charge is -2.55. The maximum Gasteiger partial charge on any atom is 0.407 e. The molecule has 230 valence electrons. The number of carbonyl (C=O) groups is 3. The van der Waals surface area contributed by atoms with Crippen LogP contribution in [0.25, 0.3) is 0 Å². The Balaban J connectivity index is 1.09. The van der Waals surface area contributed by atoms with E-state index in [9.17, 15) is 14.4 Å². The third-order valence-corrected chi connectivity index (χ3v) is 10.1. The van der Waals surface area contributed by atoms with Gasteiger partial charge in [0.05, 0.1) is 17.7 Å². The molecule has 1 saturated heterocycles. The maximum absolute atomic E-state index is 13.9. The van der Waals surface area contributed by atoms with Crippen molar-refractivity contribution in [2.75, 3.05) is 37.9 Å². The van der Waals surface area contributed by atoms with Crippen LogP contribution in [0.15, 0.2) is 24.3 Å². The molecule has 1 aromatic carbocycles. The highest BCUT2D eigenvalue weighted by Crippen LogP contribution is 2.60. The van der Waals surface area contributed by atoms with E-state index >= 15 is 0 Å². The van der Waals surface area contributed by atoms with Gasteiger partial charge in [0.15, 0.2) is 0 Å². The molecule has 4 bridgehead atoms. The van der Waals surface area contributed by atoms with Gasteiger partial charge in [0.25, 0.3) is 5.91 Å². The Bertz CT molecular complexity index is 1110. The van der Waals surface area contributed by atoms with Gasteiger partial charge in [-0.05, 0) is 93.1 Å². The van der Waals surface area contributed by atoms with Crippen LogP contribution in [0.2, 0.25) is 0 Å². The smallest absolute Gasteiger partial charge is 0.407 e. The van der Waals surface area contributed by atoms with Gasteiger partial charge in [-0.3, -0.25) is 19.3 Å². The Morgan fingerprint density at radius 1 is 0.976 bits per heavy atom. The van der Waals surface area contributed by atoms with Crippen LogP contribution in [0.5, 0.6) is 0 Å². The van der Waals surface area contributed by atoms with Crippen LogP contribution in [0, 0.1) is 29.1 Å². The van der Waals surface area contributed by atoms with Crippen LogP contribution in [0.3, 0.4) is 0 Å². The number of nitrogens with one attached hydrogen (secondary N) is 1. The molecule has 1 atom stereocenters. The van der Waals surface area contributed by atoms with Crippen molar-refractivity contribution >= 4 is 23.7 Å². The normalized spacial score (nSPS) is 29.8. The highest BCUT2D eigenvalue weighted by atomic mass is 16.7. The Kier molecular flexibility index (Phi) is 8.78. The molecule has 42 heavy (non-hydrogen) atoms. The average Bonchev–Trinajstić information content (AvgIpc) is 2.96. The monoisotopic (exact) mass is 581 g/mol. The molecule has 9 heteroatoms. The van der Waals surface area contributed by atoms with E-state index in [2.05, 4.69) is 10.2 Å². The van der Waals surface area contributed by atoms with Gasteiger partial charge >= 0.3 is 12.1 Å². The summed E-state index contributed by atoms with van der Waals surface area (Å²) < 4.78 is 11.7. The number of rotatable bonds is 10. The van der Waals surface area contributed by atoms with Crippen molar-refractivity contribution in [2.24, 2.45) is 29.1 Å². The van der Waals surface area contributed by atoms with Gasteiger partial charge < -0.3 is 14.8 Å². The number of hydroxylamine groups is 1. The minimum atomic E-state index is -0.493. The molecular weight excluding hydrogens is 534 g/mol. The molecule has 2 heterocycles. The number of aryl methyl sites for hydroxylation is 1. The fourth-order valence-electron chi connectivity index (χ4n) is 8.46. The lowest BCUT2D eigenvalue weighted by atomic mass is 9.49. The minimum absolute atomic E-state index is 0.0626. The van der Waals surface area contributed by atoms with Gasteiger partial charge in [-0.25, -0.2) is 4.79 Å². The Hall–Kier alpha value is -2.65. The number of anilines is 1. The highest BCUT2D eigenvalue weighted by Gasteiger charge is 2.56. The lowest BCUT2D eigenvalue weighted by molar-refractivity contribution is -0.181. The van der Waals surface area contributed by atoms with Crippen molar-refractivity contribution in [1.29, 1.82) is 0 Å². The molecule has 7 rings (SSSR count). The minimum Gasteiger partial charge on any atom is -0.458 e. The fraction of sp³-hybridized carbons (Fsp3) is 0.727. The third-order valence-electron chi connectivity index (χ3n) is 10.1. The second-order valence-electron chi connectivity index (χ2n) is 14.0. The summed E-state index contributed by atoms with van der Waals surface area (Å²) in [4.78, 5) is 47.4. The molecule has 6 aliphatic rings. The van der Waals surface area contributed by atoms with Crippen molar-refractivity contribution in [1.82, 2.24) is 10.2 Å². The van der Waals surface area contributed by atoms with Gasteiger partial charge in [0.1, 0.15) is 12.7 Å². The quantitative estimate of drug-likeness (QED) is 0.394. The Morgan fingerprint density at radius 3 is 2.31 bits per heavy atom. The number of fused-ring (bicyclic) bond motifs is 1. The molecule has 0 radical (unpaired) electrons. The van der Waals surface area contributed by atoms with Crippen LogP contribution in [-0.2, 0) is 30.3 Å². The highest BCUT2D eigenvalue weighted by molar-refractivity contribution is 5.94. The van der Waals surface area contributed by atoms with Crippen LogP contribution in [0.1, 0.15) is 77.2 Å². The molecular formula is C33H47N3O6. The molecule has 4 saturated carbocycles. The van der Waals surface area contributed by atoms with Crippen LogP contribution in [-0.4, -0.2) is 67.9 Å². The predicted molar refractivity (Wildman–Crippen MR) is 157 cm³/mol. The molecule has 2 aliphatic heterocycles. The number of benzene rings is 1. The molecule has 4 aliphatic carbocycles. The largest absolute Gasteiger partial charge is 0.458 e. The lowest BCUT2D eigenvalue weighted by Crippen LogP contribution is -2.53. The van der Waals surface area contributed by atoms with Crippen LogP contribution in [0.4, 0.5) is 10.5 Å². The first-order valence-electron chi connectivity index (χ1n) is 16.2. The van der Waals surface area contributed by atoms with E-state index < -0.39 is 6.10 Å². The second-order valence-corrected chi connectivity index (χ2v) is 14.0. The number of alkyl carbamates (subject to hydrolysis) is 1.